The first-order valence-electron chi connectivity index (χ1n) is 6.00. The van der Waals surface area contributed by atoms with Crippen molar-refractivity contribution >= 4 is 28.2 Å². The number of nitrogens with zero attached hydrogens (tertiary/aromatic N) is 1. The quantitative estimate of drug-likeness (QED) is 0.813. The third-order valence-electron chi connectivity index (χ3n) is 2.86. The summed E-state index contributed by atoms with van der Waals surface area (Å²) in [6.45, 7) is 7.50. The van der Waals surface area contributed by atoms with E-state index in [1.54, 1.807) is 0 Å². The van der Waals surface area contributed by atoms with E-state index in [0.29, 0.717) is 0 Å². The third kappa shape index (κ3) is 3.02. The Balaban J connectivity index is 2.08. The largest absolute Gasteiger partial charge is 0.242 e. The number of rotatable bonds is 2. The van der Waals surface area contributed by atoms with Gasteiger partial charge in [0.2, 0.25) is 0 Å². The van der Waals surface area contributed by atoms with Crippen LogP contribution in [0.4, 0.5) is 0 Å². The first kappa shape index (κ1) is 13.8. The summed E-state index contributed by atoms with van der Waals surface area (Å²) in [5.74, 6) is 0. The van der Waals surface area contributed by atoms with Crippen molar-refractivity contribution in [3.63, 3.8) is 0 Å². The number of hydrogen-bond donors (Lipinski definition) is 0. The highest BCUT2D eigenvalue weighted by atomic mass is 35.5. The molecule has 0 aromatic heterocycles. The van der Waals surface area contributed by atoms with Crippen molar-refractivity contribution in [2.24, 2.45) is 0 Å². The summed E-state index contributed by atoms with van der Waals surface area (Å²) < 4.78 is 14.1. The van der Waals surface area contributed by atoms with Gasteiger partial charge in [-0.25, -0.2) is 8.51 Å². The summed E-state index contributed by atoms with van der Waals surface area (Å²) in [7, 11) is -0.956. The van der Waals surface area contributed by atoms with Gasteiger partial charge in [-0.05, 0) is 44.0 Å². The number of benzene rings is 1. The Morgan fingerprint density at radius 1 is 1.22 bits per heavy atom. The molecule has 2 nitrogen and oxygen atoms in total. The van der Waals surface area contributed by atoms with E-state index in [-0.39, 0.29) is 4.75 Å². The topological polar surface area (TPSA) is 20.3 Å². The van der Waals surface area contributed by atoms with Gasteiger partial charge in [0.05, 0.1) is 4.75 Å². The van der Waals surface area contributed by atoms with Crippen LogP contribution in [0, 0.1) is 0 Å². The molecule has 0 bridgehead atoms. The van der Waals surface area contributed by atoms with E-state index in [1.165, 1.54) is 5.57 Å². The first-order chi connectivity index (χ1) is 8.38. The van der Waals surface area contributed by atoms with E-state index in [9.17, 15) is 4.21 Å². The predicted molar refractivity (Wildman–Crippen MR) is 78.9 cm³/mol. The third-order valence-corrected chi connectivity index (χ3v) is 4.91. The minimum Gasteiger partial charge on any atom is -0.242 e. The second kappa shape index (κ2) is 5.16. The Bertz CT molecular complexity index is 488. The Hall–Kier alpha value is -0.640. The van der Waals surface area contributed by atoms with Crippen molar-refractivity contribution in [2.45, 2.75) is 25.5 Å². The lowest BCUT2D eigenvalue weighted by Gasteiger charge is -2.25. The van der Waals surface area contributed by atoms with Crippen molar-refractivity contribution in [3.8, 4) is 0 Å². The Morgan fingerprint density at radius 2 is 1.83 bits per heavy atom. The fourth-order valence-electron chi connectivity index (χ4n) is 1.92. The van der Waals surface area contributed by atoms with Crippen molar-refractivity contribution < 1.29 is 4.21 Å². The maximum Gasteiger partial charge on any atom is 0.100 e. The lowest BCUT2D eigenvalue weighted by atomic mass is 10.1. The molecule has 1 aliphatic heterocycles. The van der Waals surface area contributed by atoms with E-state index in [4.69, 9.17) is 11.6 Å². The van der Waals surface area contributed by atoms with E-state index < -0.39 is 11.0 Å². The molecule has 0 radical (unpaired) electrons. The monoisotopic (exact) mass is 283 g/mol. The molecule has 1 atom stereocenters. The fourth-order valence-corrected chi connectivity index (χ4v) is 3.28. The average Bonchev–Trinajstić information content (AvgIpc) is 2.77. The molecule has 98 valence electrons. The van der Waals surface area contributed by atoms with Crippen molar-refractivity contribution in [1.82, 2.24) is 4.31 Å². The van der Waals surface area contributed by atoms with Crippen molar-refractivity contribution in [1.29, 1.82) is 0 Å². The van der Waals surface area contributed by atoms with Crippen molar-refractivity contribution in [2.75, 3.05) is 13.1 Å². The molecule has 0 saturated carbocycles. The van der Waals surface area contributed by atoms with Crippen LogP contribution in [0.1, 0.15) is 26.3 Å². The van der Waals surface area contributed by atoms with Crippen LogP contribution in [0.5, 0.6) is 0 Å². The lowest BCUT2D eigenvalue weighted by Crippen LogP contribution is -2.36. The van der Waals surface area contributed by atoms with Gasteiger partial charge < -0.3 is 0 Å². The summed E-state index contributed by atoms with van der Waals surface area (Å²) in [5.41, 5.74) is 2.39. The van der Waals surface area contributed by atoms with E-state index in [0.717, 1.165) is 23.7 Å². The molecular formula is C14H18ClNOS. The molecule has 0 fully saturated rings. The zero-order valence-electron chi connectivity index (χ0n) is 10.9. The fraction of sp³-hybridized carbons (Fsp3) is 0.429. The zero-order chi connectivity index (χ0) is 13.3. The molecule has 0 N–H and O–H groups in total. The second-order valence-corrected chi connectivity index (χ2v) is 8.10. The van der Waals surface area contributed by atoms with E-state index in [1.807, 2.05) is 49.3 Å². The molecule has 1 aromatic rings. The highest BCUT2D eigenvalue weighted by Gasteiger charge is 2.28. The van der Waals surface area contributed by atoms with Crippen molar-refractivity contribution in [3.05, 3.63) is 40.9 Å². The number of halogens is 1. The molecule has 1 unspecified atom stereocenters. The average molecular weight is 284 g/mol. The molecule has 0 aliphatic carbocycles. The molecule has 2 rings (SSSR count). The van der Waals surface area contributed by atoms with Gasteiger partial charge in [0.1, 0.15) is 11.0 Å². The molecule has 0 saturated heterocycles. The molecule has 18 heavy (non-hydrogen) atoms. The highest BCUT2D eigenvalue weighted by molar-refractivity contribution is 7.84. The smallest absolute Gasteiger partial charge is 0.100 e. The van der Waals surface area contributed by atoms with Gasteiger partial charge in [-0.2, -0.15) is 0 Å². The van der Waals surface area contributed by atoms with Gasteiger partial charge in [-0.15, -0.1) is 0 Å². The van der Waals surface area contributed by atoms with Crippen LogP contribution in [0.2, 0.25) is 5.02 Å². The maximum atomic E-state index is 12.3. The summed E-state index contributed by atoms with van der Waals surface area (Å²) >= 11 is 5.88. The maximum absolute atomic E-state index is 12.3. The summed E-state index contributed by atoms with van der Waals surface area (Å²) in [6, 6.07) is 7.80. The SMILES string of the molecule is CC(C)(C)S(=O)N1CC=C(c2ccc(Cl)cc2)C1. The summed E-state index contributed by atoms with van der Waals surface area (Å²) in [5, 5.41) is 0.743. The molecular weight excluding hydrogens is 266 g/mol. The Morgan fingerprint density at radius 3 is 2.39 bits per heavy atom. The van der Waals surface area contributed by atoms with Crippen LogP contribution >= 0.6 is 11.6 Å². The lowest BCUT2D eigenvalue weighted by molar-refractivity contribution is 0.528. The van der Waals surface area contributed by atoms with Gasteiger partial charge >= 0.3 is 0 Å². The van der Waals surface area contributed by atoms with E-state index >= 15 is 0 Å². The zero-order valence-corrected chi connectivity index (χ0v) is 12.5. The van der Waals surface area contributed by atoms with E-state index in [2.05, 4.69) is 6.08 Å². The molecule has 4 heteroatoms. The second-order valence-electron chi connectivity index (χ2n) is 5.42. The normalized spacial score (nSPS) is 18.8. The van der Waals surface area contributed by atoms with Gasteiger partial charge in [-0.1, -0.05) is 29.8 Å². The van der Waals surface area contributed by atoms with Gasteiger partial charge in [-0.3, -0.25) is 0 Å². The number of hydrogen-bond acceptors (Lipinski definition) is 1. The van der Waals surface area contributed by atoms with Crippen LogP contribution in [0.15, 0.2) is 30.3 Å². The molecule has 1 aromatic carbocycles. The van der Waals surface area contributed by atoms with Gasteiger partial charge in [0.25, 0.3) is 0 Å². The highest BCUT2D eigenvalue weighted by Crippen LogP contribution is 2.26. The molecule has 1 heterocycles. The summed E-state index contributed by atoms with van der Waals surface area (Å²) in [4.78, 5) is 0. The summed E-state index contributed by atoms with van der Waals surface area (Å²) in [6.07, 6.45) is 2.15. The van der Waals surface area contributed by atoms with Crippen LogP contribution < -0.4 is 0 Å². The van der Waals surface area contributed by atoms with Crippen LogP contribution in [0.3, 0.4) is 0 Å². The van der Waals surface area contributed by atoms with Crippen LogP contribution in [-0.2, 0) is 11.0 Å². The molecule has 0 amide bonds. The minimum absolute atomic E-state index is 0.205. The van der Waals surface area contributed by atoms with Gasteiger partial charge in [0.15, 0.2) is 0 Å². The Kier molecular flexibility index (Phi) is 3.95. The van der Waals surface area contributed by atoms with Gasteiger partial charge in [0, 0.05) is 18.1 Å². The molecule has 1 aliphatic rings. The first-order valence-corrected chi connectivity index (χ1v) is 7.48. The minimum atomic E-state index is -0.956. The molecule has 0 spiro atoms. The Labute approximate surface area is 116 Å². The van der Waals surface area contributed by atoms with Crippen LogP contribution in [-0.4, -0.2) is 26.4 Å². The predicted octanol–water partition coefficient (Wildman–Crippen LogP) is 3.50. The van der Waals surface area contributed by atoms with Crippen LogP contribution in [0.25, 0.3) is 5.57 Å². The standard InChI is InChI=1S/C14H18ClNOS/c1-14(2,3)18(17)16-9-8-12(10-16)11-4-6-13(15)7-5-11/h4-8H,9-10H2,1-3H3.